The molecule has 0 spiro atoms. The number of likely N-dealkylation sites (N-methyl/N-ethyl adjacent to an activating group) is 1. The number of benzene rings is 4. The number of carbonyl (C=O) groups excluding carboxylic acids is 2. The van der Waals surface area contributed by atoms with Crippen molar-refractivity contribution in [3.05, 3.63) is 97.1 Å². The summed E-state index contributed by atoms with van der Waals surface area (Å²) in [4.78, 5) is 44.0. The van der Waals surface area contributed by atoms with Crippen molar-refractivity contribution in [2.45, 2.75) is 32.6 Å². The molecule has 3 saturated heterocycles. The van der Waals surface area contributed by atoms with Crippen LogP contribution in [-0.2, 0) is 28.4 Å². The lowest BCUT2D eigenvalue weighted by Crippen LogP contribution is -2.51. The van der Waals surface area contributed by atoms with E-state index < -0.39 is 0 Å². The largest absolute Gasteiger partial charge is 0.466 e. The van der Waals surface area contributed by atoms with Gasteiger partial charge in [-0.05, 0) is 88.2 Å². The average Bonchev–Trinajstić information content (AvgIpc) is 3.80. The van der Waals surface area contributed by atoms with E-state index in [1.54, 1.807) is 0 Å². The first-order valence-electron chi connectivity index (χ1n) is 20.9. The van der Waals surface area contributed by atoms with Crippen molar-refractivity contribution in [3.63, 3.8) is 0 Å². The summed E-state index contributed by atoms with van der Waals surface area (Å²) >= 11 is 0. The van der Waals surface area contributed by atoms with Gasteiger partial charge in [0, 0.05) is 89.0 Å². The molecule has 4 aromatic carbocycles. The van der Waals surface area contributed by atoms with E-state index in [0.29, 0.717) is 19.1 Å². The Balaban J connectivity index is 0.000000164. The molecule has 0 saturated carbocycles. The number of aryl methyl sites for hydroxylation is 2. The number of para-hydroxylation sites is 4. The second kappa shape index (κ2) is 17.4. The Bertz CT molecular complexity index is 2380. The molecule has 3 fully saturated rings. The first kappa shape index (κ1) is 39.2. The quantitative estimate of drug-likeness (QED) is 0.157. The standard InChI is InChI=1S/C25H31N5O.C22H25N3O2/c1-27-13-15-29(16-14-27)25(31)20-8-6-12-30(18-20)21-9-5-7-19(17-21)24-26-22-10-3-4-11-23(22)28(24)2;1-3-27-22(26)17-9-7-13-25(15-17)18-10-6-8-16(14-18)21-23-19-11-4-5-12-20(19)24(21)2/h3-5,7,9-11,17,20H,6,8,12-16,18H2,1-2H3;4-6,8,10-12,14,17H,3,7,9,13,15H2,1-2H3. The van der Waals surface area contributed by atoms with E-state index in [2.05, 4.69) is 123 Å². The fourth-order valence-corrected chi connectivity index (χ4v) is 8.85. The summed E-state index contributed by atoms with van der Waals surface area (Å²) in [5.41, 5.74) is 8.79. The van der Waals surface area contributed by atoms with Gasteiger partial charge in [0.2, 0.25) is 5.91 Å². The van der Waals surface area contributed by atoms with E-state index in [9.17, 15) is 9.59 Å². The van der Waals surface area contributed by atoms with Crippen molar-refractivity contribution in [1.29, 1.82) is 0 Å². The molecule has 11 heteroatoms. The number of ether oxygens (including phenoxy) is 1. The number of piperidine rings is 2. The van der Waals surface area contributed by atoms with Crippen molar-refractivity contribution in [2.24, 2.45) is 25.9 Å². The molecule has 2 unspecified atom stereocenters. The highest BCUT2D eigenvalue weighted by Crippen LogP contribution is 2.32. The fourth-order valence-electron chi connectivity index (χ4n) is 8.85. The Morgan fingerprint density at radius 3 is 1.64 bits per heavy atom. The van der Waals surface area contributed by atoms with Crippen molar-refractivity contribution in [1.82, 2.24) is 28.9 Å². The summed E-state index contributed by atoms with van der Waals surface area (Å²) in [5.74, 6) is 2.25. The summed E-state index contributed by atoms with van der Waals surface area (Å²) in [6.45, 7) is 9.44. The molecule has 302 valence electrons. The minimum Gasteiger partial charge on any atom is -0.466 e. The number of amides is 1. The number of imidazole rings is 2. The maximum Gasteiger partial charge on any atom is 0.310 e. The lowest BCUT2D eigenvalue weighted by Gasteiger charge is -2.39. The molecule has 9 rings (SSSR count). The summed E-state index contributed by atoms with van der Waals surface area (Å²) in [6, 6.07) is 33.5. The van der Waals surface area contributed by atoms with Crippen LogP contribution in [0.2, 0.25) is 0 Å². The van der Waals surface area contributed by atoms with Crippen LogP contribution in [-0.4, -0.2) is 107 Å². The Kier molecular flexibility index (Phi) is 11.8. The van der Waals surface area contributed by atoms with Crippen molar-refractivity contribution >= 4 is 45.3 Å². The average molecular weight is 781 g/mol. The maximum absolute atomic E-state index is 13.1. The Hall–Kier alpha value is -5.68. The van der Waals surface area contributed by atoms with Gasteiger partial charge in [-0.1, -0.05) is 48.5 Å². The van der Waals surface area contributed by atoms with E-state index in [-0.39, 0.29) is 17.8 Å². The number of fused-ring (bicyclic) bond motifs is 2. The van der Waals surface area contributed by atoms with Gasteiger partial charge in [0.05, 0.1) is 40.5 Å². The molecule has 11 nitrogen and oxygen atoms in total. The summed E-state index contributed by atoms with van der Waals surface area (Å²) < 4.78 is 9.52. The van der Waals surface area contributed by atoms with Crippen LogP contribution in [0.4, 0.5) is 11.4 Å². The smallest absolute Gasteiger partial charge is 0.310 e. The molecule has 3 aliphatic rings. The minimum atomic E-state index is -0.0753. The van der Waals surface area contributed by atoms with Crippen LogP contribution in [0.3, 0.4) is 0 Å². The molecule has 2 atom stereocenters. The molecule has 0 bridgehead atoms. The number of nitrogens with zero attached hydrogens (tertiary/aromatic N) is 8. The molecular weight excluding hydrogens is 725 g/mol. The van der Waals surface area contributed by atoms with Gasteiger partial charge < -0.3 is 33.5 Å². The van der Waals surface area contributed by atoms with Crippen LogP contribution in [0, 0.1) is 11.8 Å². The van der Waals surface area contributed by atoms with Crippen molar-refractivity contribution in [3.8, 4) is 22.8 Å². The molecule has 6 aromatic rings. The van der Waals surface area contributed by atoms with Crippen molar-refractivity contribution < 1.29 is 14.3 Å². The molecule has 5 heterocycles. The van der Waals surface area contributed by atoms with Gasteiger partial charge >= 0.3 is 5.97 Å². The van der Waals surface area contributed by atoms with Crippen LogP contribution in [0.25, 0.3) is 44.8 Å². The third-order valence-electron chi connectivity index (χ3n) is 12.1. The molecule has 3 aliphatic heterocycles. The highest BCUT2D eigenvalue weighted by molar-refractivity contribution is 5.83. The van der Waals surface area contributed by atoms with Gasteiger partial charge in [-0.2, -0.15) is 0 Å². The van der Waals surface area contributed by atoms with Crippen LogP contribution < -0.4 is 9.80 Å². The lowest BCUT2D eigenvalue weighted by molar-refractivity contribution is -0.148. The fraction of sp³-hybridized carbons (Fsp3) is 0.404. The molecular formula is C47H56N8O3. The number of piperazine rings is 1. The highest BCUT2D eigenvalue weighted by atomic mass is 16.5. The SMILES string of the molecule is CCOC(=O)C1CCCN(c2cccc(-c3nc4ccccc4n3C)c2)C1.CN1CCN(C(=O)C2CCCN(c3cccc(-c4nc5ccccc5n4C)c3)C2)CC1. The molecule has 0 aliphatic carbocycles. The third kappa shape index (κ3) is 8.32. The van der Waals surface area contributed by atoms with Gasteiger partial charge in [0.15, 0.2) is 0 Å². The van der Waals surface area contributed by atoms with Gasteiger partial charge in [-0.3, -0.25) is 9.59 Å². The summed E-state index contributed by atoms with van der Waals surface area (Å²) in [5, 5.41) is 0. The molecule has 58 heavy (non-hydrogen) atoms. The second-order valence-corrected chi connectivity index (χ2v) is 16.0. The normalized spacial score (nSPS) is 18.9. The van der Waals surface area contributed by atoms with Crippen LogP contribution in [0.1, 0.15) is 32.6 Å². The van der Waals surface area contributed by atoms with Gasteiger partial charge in [0.1, 0.15) is 11.6 Å². The molecule has 2 aromatic heterocycles. The number of anilines is 2. The Labute approximate surface area is 341 Å². The number of hydrogen-bond donors (Lipinski definition) is 0. The molecule has 1 amide bonds. The Morgan fingerprint density at radius 2 is 1.12 bits per heavy atom. The second-order valence-electron chi connectivity index (χ2n) is 16.0. The monoisotopic (exact) mass is 780 g/mol. The topological polar surface area (TPSA) is 92.0 Å². The Morgan fingerprint density at radius 1 is 0.621 bits per heavy atom. The van der Waals surface area contributed by atoms with Crippen molar-refractivity contribution in [2.75, 3.05) is 75.8 Å². The van der Waals surface area contributed by atoms with Crippen LogP contribution in [0.15, 0.2) is 97.1 Å². The van der Waals surface area contributed by atoms with Gasteiger partial charge in [-0.15, -0.1) is 0 Å². The molecule has 0 N–H and O–H groups in total. The predicted octanol–water partition coefficient (Wildman–Crippen LogP) is 7.25. The van der Waals surface area contributed by atoms with E-state index in [0.717, 1.165) is 122 Å². The zero-order chi connectivity index (χ0) is 40.2. The summed E-state index contributed by atoms with van der Waals surface area (Å²) in [7, 11) is 6.25. The minimum absolute atomic E-state index is 0.0434. The lowest BCUT2D eigenvalue weighted by atomic mass is 9.95. The molecule has 0 radical (unpaired) electrons. The number of hydrogen-bond acceptors (Lipinski definition) is 8. The number of carbonyl (C=O) groups is 2. The number of rotatable bonds is 7. The third-order valence-corrected chi connectivity index (χ3v) is 12.1. The van der Waals surface area contributed by atoms with E-state index >= 15 is 0 Å². The summed E-state index contributed by atoms with van der Waals surface area (Å²) in [6.07, 6.45) is 3.95. The highest BCUT2D eigenvalue weighted by Gasteiger charge is 2.31. The van der Waals surface area contributed by atoms with Crippen LogP contribution in [0.5, 0.6) is 0 Å². The number of aromatic nitrogens is 4. The zero-order valence-corrected chi connectivity index (χ0v) is 34.4. The van der Waals surface area contributed by atoms with E-state index in [4.69, 9.17) is 14.7 Å². The van der Waals surface area contributed by atoms with Gasteiger partial charge in [-0.25, -0.2) is 9.97 Å². The maximum atomic E-state index is 13.1. The zero-order valence-electron chi connectivity index (χ0n) is 34.4. The first-order chi connectivity index (χ1) is 28.3. The predicted molar refractivity (Wildman–Crippen MR) is 233 cm³/mol. The number of esters is 1. The van der Waals surface area contributed by atoms with E-state index in [1.165, 1.54) is 5.69 Å². The van der Waals surface area contributed by atoms with Gasteiger partial charge in [0.25, 0.3) is 0 Å². The van der Waals surface area contributed by atoms with E-state index in [1.807, 2.05) is 31.2 Å². The first-order valence-corrected chi connectivity index (χ1v) is 20.9. The van der Waals surface area contributed by atoms with Crippen LogP contribution >= 0.6 is 0 Å².